The quantitative estimate of drug-likeness (QED) is 0.778. The molecule has 2 aromatic rings. The zero-order valence-electron chi connectivity index (χ0n) is 11.0. The summed E-state index contributed by atoms with van der Waals surface area (Å²) in [6.45, 7) is 0. The van der Waals surface area contributed by atoms with Crippen LogP contribution in [0.2, 0.25) is 10.0 Å². The molecule has 0 aliphatic rings. The predicted molar refractivity (Wildman–Crippen MR) is 81.4 cm³/mol. The molecule has 0 N–H and O–H groups in total. The third-order valence-corrected chi connectivity index (χ3v) is 3.72. The molecular formula is C16H14Cl2O2. The highest BCUT2D eigenvalue weighted by atomic mass is 35.5. The molecule has 0 aliphatic carbocycles. The maximum atomic E-state index is 12.0. The minimum Gasteiger partial charge on any atom is -0.469 e. The third-order valence-electron chi connectivity index (χ3n) is 3.12. The van der Waals surface area contributed by atoms with E-state index in [2.05, 4.69) is 0 Å². The standard InChI is InChI=1S/C16H14Cl2O2/c1-20-16(19)14(13-4-2-3-5-15(13)18)10-11-6-8-12(17)9-7-11/h2-9,14H,10H2,1H3/t14-/m1/s1. The van der Waals surface area contributed by atoms with Crippen LogP contribution in [0.4, 0.5) is 0 Å². The summed E-state index contributed by atoms with van der Waals surface area (Å²) in [4.78, 5) is 12.0. The largest absolute Gasteiger partial charge is 0.469 e. The van der Waals surface area contributed by atoms with E-state index in [-0.39, 0.29) is 5.97 Å². The molecule has 0 amide bonds. The summed E-state index contributed by atoms with van der Waals surface area (Å²) in [6.07, 6.45) is 0.521. The van der Waals surface area contributed by atoms with Crippen LogP contribution in [-0.4, -0.2) is 13.1 Å². The van der Waals surface area contributed by atoms with Crippen molar-refractivity contribution in [2.75, 3.05) is 7.11 Å². The molecule has 0 radical (unpaired) electrons. The van der Waals surface area contributed by atoms with Crippen LogP contribution in [0.15, 0.2) is 48.5 Å². The zero-order valence-corrected chi connectivity index (χ0v) is 12.5. The molecule has 2 rings (SSSR count). The summed E-state index contributed by atoms with van der Waals surface area (Å²) < 4.78 is 4.89. The maximum Gasteiger partial charge on any atom is 0.313 e. The number of hydrogen-bond acceptors (Lipinski definition) is 2. The Balaban J connectivity index is 2.31. The molecule has 0 aliphatic heterocycles. The van der Waals surface area contributed by atoms with Crippen molar-refractivity contribution in [1.29, 1.82) is 0 Å². The van der Waals surface area contributed by atoms with Crippen LogP contribution >= 0.6 is 23.2 Å². The molecule has 0 heterocycles. The molecule has 0 aromatic heterocycles. The first-order chi connectivity index (χ1) is 9.61. The van der Waals surface area contributed by atoms with E-state index in [0.717, 1.165) is 11.1 Å². The van der Waals surface area contributed by atoms with Gasteiger partial charge >= 0.3 is 5.97 Å². The van der Waals surface area contributed by atoms with Crippen LogP contribution in [0.3, 0.4) is 0 Å². The highest BCUT2D eigenvalue weighted by Gasteiger charge is 2.23. The van der Waals surface area contributed by atoms with Crippen molar-refractivity contribution in [1.82, 2.24) is 0 Å². The number of ether oxygens (including phenoxy) is 1. The van der Waals surface area contributed by atoms with Crippen molar-refractivity contribution in [2.24, 2.45) is 0 Å². The number of carbonyl (C=O) groups is 1. The van der Waals surface area contributed by atoms with E-state index >= 15 is 0 Å². The van der Waals surface area contributed by atoms with Crippen LogP contribution in [0.5, 0.6) is 0 Å². The summed E-state index contributed by atoms with van der Waals surface area (Å²) in [5, 5.41) is 1.23. The van der Waals surface area contributed by atoms with Gasteiger partial charge in [0.05, 0.1) is 13.0 Å². The normalized spacial score (nSPS) is 11.9. The molecule has 0 unspecified atom stereocenters. The smallest absolute Gasteiger partial charge is 0.313 e. The van der Waals surface area contributed by atoms with Gasteiger partial charge in [0.1, 0.15) is 0 Å². The van der Waals surface area contributed by atoms with E-state index < -0.39 is 5.92 Å². The molecule has 1 atom stereocenters. The Bertz CT molecular complexity index is 594. The van der Waals surface area contributed by atoms with Crippen LogP contribution in [0, 0.1) is 0 Å². The number of carbonyl (C=O) groups excluding carboxylic acids is 1. The third kappa shape index (κ3) is 3.53. The van der Waals surface area contributed by atoms with Gasteiger partial charge in [-0.15, -0.1) is 0 Å². The molecule has 0 saturated heterocycles. The van der Waals surface area contributed by atoms with Crippen molar-refractivity contribution in [3.63, 3.8) is 0 Å². The van der Waals surface area contributed by atoms with Gasteiger partial charge in [-0.1, -0.05) is 53.5 Å². The van der Waals surface area contributed by atoms with Gasteiger partial charge in [-0.05, 0) is 35.7 Å². The van der Waals surface area contributed by atoms with Crippen molar-refractivity contribution in [3.05, 3.63) is 69.7 Å². The van der Waals surface area contributed by atoms with Gasteiger partial charge in [-0.25, -0.2) is 0 Å². The molecular weight excluding hydrogens is 295 g/mol. The van der Waals surface area contributed by atoms with Crippen molar-refractivity contribution in [2.45, 2.75) is 12.3 Å². The number of methoxy groups -OCH3 is 1. The molecule has 0 fully saturated rings. The fourth-order valence-electron chi connectivity index (χ4n) is 2.08. The number of benzene rings is 2. The van der Waals surface area contributed by atoms with Crippen LogP contribution in [0.25, 0.3) is 0 Å². The highest BCUT2D eigenvalue weighted by molar-refractivity contribution is 6.31. The molecule has 20 heavy (non-hydrogen) atoms. The second kappa shape index (κ2) is 6.78. The SMILES string of the molecule is COC(=O)[C@H](Cc1ccc(Cl)cc1)c1ccccc1Cl. The molecule has 2 aromatic carbocycles. The van der Waals surface area contributed by atoms with Crippen molar-refractivity contribution in [3.8, 4) is 0 Å². The lowest BCUT2D eigenvalue weighted by atomic mass is 9.92. The average molecular weight is 309 g/mol. The van der Waals surface area contributed by atoms with E-state index in [9.17, 15) is 4.79 Å². The number of hydrogen-bond donors (Lipinski definition) is 0. The van der Waals surface area contributed by atoms with E-state index in [1.807, 2.05) is 30.3 Å². The Morgan fingerprint density at radius 2 is 1.75 bits per heavy atom. The lowest BCUT2D eigenvalue weighted by molar-refractivity contribution is -0.142. The number of halogens is 2. The van der Waals surface area contributed by atoms with Gasteiger partial charge in [0.15, 0.2) is 0 Å². The van der Waals surface area contributed by atoms with Crippen LogP contribution in [-0.2, 0) is 16.0 Å². The van der Waals surface area contributed by atoms with E-state index in [0.29, 0.717) is 16.5 Å². The van der Waals surface area contributed by atoms with Crippen molar-refractivity contribution < 1.29 is 9.53 Å². The van der Waals surface area contributed by atoms with Gasteiger partial charge < -0.3 is 4.74 Å². The molecule has 0 spiro atoms. The second-order valence-electron chi connectivity index (χ2n) is 4.43. The first-order valence-electron chi connectivity index (χ1n) is 6.18. The van der Waals surface area contributed by atoms with Gasteiger partial charge in [-0.2, -0.15) is 0 Å². The Kier molecular flexibility index (Phi) is 5.05. The van der Waals surface area contributed by atoms with Gasteiger partial charge in [-0.3, -0.25) is 4.79 Å². The lowest BCUT2D eigenvalue weighted by Gasteiger charge is -2.16. The maximum absolute atomic E-state index is 12.0. The number of rotatable bonds is 4. The monoisotopic (exact) mass is 308 g/mol. The highest BCUT2D eigenvalue weighted by Crippen LogP contribution is 2.28. The minimum atomic E-state index is -0.421. The van der Waals surface area contributed by atoms with E-state index in [1.165, 1.54) is 7.11 Å². The zero-order chi connectivity index (χ0) is 14.5. The first kappa shape index (κ1) is 14.9. The Morgan fingerprint density at radius 1 is 1.10 bits per heavy atom. The minimum absolute atomic E-state index is 0.298. The summed E-state index contributed by atoms with van der Waals surface area (Å²) in [5.74, 6) is -0.720. The van der Waals surface area contributed by atoms with Gasteiger partial charge in [0.25, 0.3) is 0 Å². The fraction of sp³-hybridized carbons (Fsp3) is 0.188. The summed E-state index contributed by atoms with van der Waals surface area (Å²) in [7, 11) is 1.38. The summed E-state index contributed by atoms with van der Waals surface area (Å²) in [5.41, 5.74) is 1.78. The van der Waals surface area contributed by atoms with Gasteiger partial charge in [0.2, 0.25) is 0 Å². The lowest BCUT2D eigenvalue weighted by Crippen LogP contribution is -2.17. The second-order valence-corrected chi connectivity index (χ2v) is 5.27. The first-order valence-corrected chi connectivity index (χ1v) is 6.94. The molecule has 4 heteroatoms. The Labute approximate surface area is 128 Å². The summed E-state index contributed by atoms with van der Waals surface area (Å²) in [6, 6.07) is 14.7. The molecule has 0 saturated carbocycles. The van der Waals surface area contributed by atoms with E-state index in [4.69, 9.17) is 27.9 Å². The Hall–Kier alpha value is -1.51. The molecule has 0 bridgehead atoms. The van der Waals surface area contributed by atoms with Gasteiger partial charge in [0, 0.05) is 10.0 Å². The van der Waals surface area contributed by atoms with Crippen LogP contribution in [0.1, 0.15) is 17.0 Å². The van der Waals surface area contributed by atoms with Crippen LogP contribution < -0.4 is 0 Å². The van der Waals surface area contributed by atoms with E-state index in [1.54, 1.807) is 18.2 Å². The average Bonchev–Trinajstić information content (AvgIpc) is 2.47. The fourth-order valence-corrected chi connectivity index (χ4v) is 2.47. The number of esters is 1. The molecule has 2 nitrogen and oxygen atoms in total. The predicted octanol–water partition coefficient (Wildman–Crippen LogP) is 4.49. The summed E-state index contributed by atoms with van der Waals surface area (Å²) >= 11 is 12.1. The van der Waals surface area contributed by atoms with Crippen molar-refractivity contribution >= 4 is 29.2 Å². The topological polar surface area (TPSA) is 26.3 Å². The Morgan fingerprint density at radius 3 is 2.35 bits per heavy atom. The molecule has 104 valence electrons.